The first-order valence-corrected chi connectivity index (χ1v) is 15.3. The number of sulfone groups is 2. The number of benzene rings is 2. The molecular weight excluding hydrogens is 484 g/mol. The first-order chi connectivity index (χ1) is 16.4. The van der Waals surface area contributed by atoms with Gasteiger partial charge in [0.2, 0.25) is 0 Å². The fraction of sp³-hybridized carbons (Fsp3) is 0.519. The van der Waals surface area contributed by atoms with Crippen LogP contribution in [0.5, 0.6) is 0 Å². The molecule has 0 heterocycles. The second-order valence-corrected chi connectivity index (χ2v) is 14.6. The van der Waals surface area contributed by atoms with E-state index in [1.807, 2.05) is 0 Å². The highest BCUT2D eigenvalue weighted by Gasteiger charge is 2.45. The second-order valence-electron chi connectivity index (χ2n) is 10.1. The lowest BCUT2D eigenvalue weighted by Crippen LogP contribution is -2.39. The van der Waals surface area contributed by atoms with Gasteiger partial charge in [-0.25, -0.2) is 16.8 Å². The van der Waals surface area contributed by atoms with Crippen LogP contribution in [0.3, 0.4) is 0 Å². The molecule has 0 aliphatic heterocycles. The van der Waals surface area contributed by atoms with Crippen LogP contribution in [0.1, 0.15) is 53.4 Å². The van der Waals surface area contributed by atoms with E-state index in [0.717, 1.165) is 19.3 Å². The number of hydrogen-bond donors (Lipinski definition) is 0. The summed E-state index contributed by atoms with van der Waals surface area (Å²) in [6.45, 7) is 7.85. The van der Waals surface area contributed by atoms with E-state index in [4.69, 9.17) is 4.74 Å². The molecule has 2 aromatic rings. The Morgan fingerprint density at radius 2 is 1.34 bits per heavy atom. The minimum Gasteiger partial charge on any atom is -0.462 e. The quantitative estimate of drug-likeness (QED) is 0.417. The fourth-order valence-electron chi connectivity index (χ4n) is 5.09. The minimum absolute atomic E-state index is 0.0919. The van der Waals surface area contributed by atoms with Gasteiger partial charge in [-0.3, -0.25) is 4.79 Å². The van der Waals surface area contributed by atoms with Crippen LogP contribution in [0.2, 0.25) is 0 Å². The standard InChI is InChI=1S/C27H36O6S2/c1-19(2)24-16-15-20(3)17-25(24)33-26(28)18-21(4)27(34(29,30)22-11-7-5-8-12-22)35(31,32)23-13-9-6-10-14-23/h5-14,19-21,24-25,27H,15-18H2,1-4H3/t20-,21-,24+,25-/m1/s1. The molecule has 4 atom stereocenters. The summed E-state index contributed by atoms with van der Waals surface area (Å²) in [6, 6.07) is 15.0. The molecule has 1 fully saturated rings. The van der Waals surface area contributed by atoms with Crippen molar-refractivity contribution in [3.63, 3.8) is 0 Å². The molecule has 2 aromatic carbocycles. The van der Waals surface area contributed by atoms with Crippen LogP contribution < -0.4 is 0 Å². The Hall–Kier alpha value is -2.19. The van der Waals surface area contributed by atoms with Gasteiger partial charge in [0, 0.05) is 0 Å². The third-order valence-corrected chi connectivity index (χ3v) is 12.5. The lowest BCUT2D eigenvalue weighted by atomic mass is 9.75. The van der Waals surface area contributed by atoms with Crippen molar-refractivity contribution in [2.24, 2.45) is 23.7 Å². The fourth-order valence-corrected chi connectivity index (χ4v) is 10.1. The van der Waals surface area contributed by atoms with Crippen LogP contribution in [-0.4, -0.2) is 33.5 Å². The summed E-state index contributed by atoms with van der Waals surface area (Å²) in [4.78, 5) is 12.8. The minimum atomic E-state index is -4.31. The molecule has 0 unspecified atom stereocenters. The van der Waals surface area contributed by atoms with E-state index in [-0.39, 0.29) is 28.2 Å². The van der Waals surface area contributed by atoms with Crippen LogP contribution in [0, 0.1) is 23.7 Å². The van der Waals surface area contributed by atoms with Crippen molar-refractivity contribution >= 4 is 25.6 Å². The van der Waals surface area contributed by atoms with Gasteiger partial charge in [-0.2, -0.15) is 0 Å². The molecule has 0 N–H and O–H groups in total. The van der Waals surface area contributed by atoms with E-state index in [9.17, 15) is 21.6 Å². The molecule has 0 saturated heterocycles. The average Bonchev–Trinajstić information content (AvgIpc) is 2.79. The van der Waals surface area contributed by atoms with E-state index < -0.39 is 36.1 Å². The van der Waals surface area contributed by atoms with Crippen molar-refractivity contribution < 1.29 is 26.4 Å². The van der Waals surface area contributed by atoms with Crippen molar-refractivity contribution in [3.05, 3.63) is 60.7 Å². The Labute approximate surface area is 209 Å². The van der Waals surface area contributed by atoms with Crippen LogP contribution in [-0.2, 0) is 29.2 Å². The van der Waals surface area contributed by atoms with E-state index in [0.29, 0.717) is 11.8 Å². The number of hydrogen-bond acceptors (Lipinski definition) is 6. The van der Waals surface area contributed by atoms with Crippen molar-refractivity contribution in [3.8, 4) is 0 Å². The maximum atomic E-state index is 13.6. The van der Waals surface area contributed by atoms with Crippen LogP contribution in [0.4, 0.5) is 0 Å². The zero-order chi connectivity index (χ0) is 25.8. The molecule has 8 heteroatoms. The molecule has 0 bridgehead atoms. The van der Waals surface area contributed by atoms with E-state index in [1.54, 1.807) is 36.4 Å². The molecular formula is C27H36O6S2. The SMILES string of the molecule is CC(C)[C@@H]1CC[C@@H](C)C[C@H]1OC(=O)C[C@@H](C)C(S(=O)(=O)c1ccccc1)S(=O)(=O)c1ccccc1. The molecule has 35 heavy (non-hydrogen) atoms. The summed E-state index contributed by atoms with van der Waals surface area (Å²) in [5.74, 6) is -0.551. The van der Waals surface area contributed by atoms with Crippen LogP contribution >= 0.6 is 0 Å². The van der Waals surface area contributed by atoms with Gasteiger partial charge in [0.25, 0.3) is 0 Å². The van der Waals surface area contributed by atoms with Gasteiger partial charge in [0.15, 0.2) is 24.3 Å². The van der Waals surface area contributed by atoms with E-state index in [1.165, 1.54) is 31.2 Å². The van der Waals surface area contributed by atoms with Gasteiger partial charge in [-0.15, -0.1) is 0 Å². The van der Waals surface area contributed by atoms with Crippen molar-refractivity contribution in [2.75, 3.05) is 0 Å². The average molecular weight is 521 g/mol. The van der Waals surface area contributed by atoms with Crippen molar-refractivity contribution in [1.82, 2.24) is 0 Å². The van der Waals surface area contributed by atoms with Gasteiger partial charge in [0.05, 0.1) is 16.2 Å². The summed E-state index contributed by atoms with van der Waals surface area (Å²) in [7, 11) is -8.63. The third kappa shape index (κ3) is 6.33. The molecule has 3 rings (SSSR count). The van der Waals surface area contributed by atoms with Crippen LogP contribution in [0.25, 0.3) is 0 Å². The summed E-state index contributed by atoms with van der Waals surface area (Å²) in [5.41, 5.74) is 0. The monoisotopic (exact) mass is 520 g/mol. The predicted molar refractivity (Wildman–Crippen MR) is 136 cm³/mol. The first kappa shape index (κ1) is 27.4. The van der Waals surface area contributed by atoms with Crippen LogP contribution in [0.15, 0.2) is 70.5 Å². The van der Waals surface area contributed by atoms with E-state index in [2.05, 4.69) is 20.8 Å². The molecule has 6 nitrogen and oxygen atoms in total. The van der Waals surface area contributed by atoms with Gasteiger partial charge in [0.1, 0.15) is 6.10 Å². The lowest BCUT2D eigenvalue weighted by molar-refractivity contribution is -0.156. The molecule has 0 amide bonds. The smallest absolute Gasteiger partial charge is 0.306 e. The van der Waals surface area contributed by atoms with Crippen molar-refractivity contribution in [2.45, 2.75) is 73.9 Å². The zero-order valence-corrected chi connectivity index (χ0v) is 22.5. The number of esters is 1. The maximum Gasteiger partial charge on any atom is 0.306 e. The highest BCUT2D eigenvalue weighted by atomic mass is 32.3. The highest BCUT2D eigenvalue weighted by Crippen LogP contribution is 2.37. The molecule has 1 aliphatic carbocycles. The Bertz CT molecular complexity index is 1120. The number of carbonyl (C=O) groups is 1. The normalized spacial score (nSPS) is 22.2. The molecule has 1 saturated carbocycles. The second kappa shape index (κ2) is 11.2. The van der Waals surface area contributed by atoms with Gasteiger partial charge in [-0.1, -0.05) is 70.5 Å². The van der Waals surface area contributed by atoms with Gasteiger partial charge in [-0.05, 0) is 60.8 Å². The Morgan fingerprint density at radius 3 is 1.80 bits per heavy atom. The molecule has 1 aliphatic rings. The summed E-state index contributed by atoms with van der Waals surface area (Å²) in [5, 5.41) is 0. The largest absolute Gasteiger partial charge is 0.462 e. The zero-order valence-electron chi connectivity index (χ0n) is 20.8. The number of ether oxygens (including phenoxy) is 1. The number of rotatable bonds is 9. The molecule has 0 aromatic heterocycles. The maximum absolute atomic E-state index is 13.6. The Balaban J connectivity index is 1.91. The summed E-state index contributed by atoms with van der Waals surface area (Å²) >= 11 is 0. The van der Waals surface area contributed by atoms with E-state index >= 15 is 0 Å². The van der Waals surface area contributed by atoms with Crippen molar-refractivity contribution in [1.29, 1.82) is 0 Å². The van der Waals surface area contributed by atoms with Gasteiger partial charge >= 0.3 is 5.97 Å². The van der Waals surface area contributed by atoms with Gasteiger partial charge < -0.3 is 4.74 Å². The predicted octanol–water partition coefficient (Wildman–Crippen LogP) is 5.29. The lowest BCUT2D eigenvalue weighted by Gasteiger charge is -2.37. The third-order valence-electron chi connectivity index (χ3n) is 6.95. The molecule has 0 radical (unpaired) electrons. The summed E-state index contributed by atoms with van der Waals surface area (Å²) in [6.07, 6.45) is 2.27. The highest BCUT2D eigenvalue weighted by molar-refractivity contribution is 8.09. The molecule has 0 spiro atoms. The Kier molecular flexibility index (Phi) is 8.81. The topological polar surface area (TPSA) is 94.6 Å². The summed E-state index contributed by atoms with van der Waals surface area (Å²) < 4.78 is 58.5. The Morgan fingerprint density at radius 1 is 0.857 bits per heavy atom. The molecule has 192 valence electrons. The first-order valence-electron chi connectivity index (χ1n) is 12.2. The number of carbonyl (C=O) groups excluding carboxylic acids is 1.